The van der Waals surface area contributed by atoms with Gasteiger partial charge in [0.2, 0.25) is 0 Å². The van der Waals surface area contributed by atoms with Gasteiger partial charge >= 0.3 is 0 Å². The van der Waals surface area contributed by atoms with Crippen molar-refractivity contribution in [2.24, 2.45) is 5.92 Å². The largest absolute Gasteiger partial charge is 0.312 e. The molecule has 0 bridgehead atoms. The third kappa shape index (κ3) is 2.11. The van der Waals surface area contributed by atoms with Crippen LogP contribution in [0.4, 0.5) is 0 Å². The summed E-state index contributed by atoms with van der Waals surface area (Å²) in [6, 6.07) is 4.99. The van der Waals surface area contributed by atoms with Crippen molar-refractivity contribution in [3.8, 4) is 0 Å². The highest BCUT2D eigenvalue weighted by Gasteiger charge is 2.33. The zero-order chi connectivity index (χ0) is 10.8. The van der Waals surface area contributed by atoms with Crippen molar-refractivity contribution in [1.29, 1.82) is 0 Å². The van der Waals surface area contributed by atoms with E-state index in [1.165, 1.54) is 38.0 Å². The van der Waals surface area contributed by atoms with Crippen LogP contribution in [0.5, 0.6) is 0 Å². The quantitative estimate of drug-likeness (QED) is 0.808. The van der Waals surface area contributed by atoms with Gasteiger partial charge in [-0.25, -0.2) is 0 Å². The lowest BCUT2D eigenvalue weighted by atomic mass is 9.94. The van der Waals surface area contributed by atoms with E-state index in [1.807, 2.05) is 12.4 Å². The molecule has 2 aliphatic heterocycles. The molecular weight excluding hydrogens is 198 g/mol. The Labute approximate surface area is 96.9 Å². The second kappa shape index (κ2) is 4.52. The van der Waals surface area contributed by atoms with Crippen LogP contribution >= 0.6 is 0 Å². The number of piperidine rings is 1. The average Bonchev–Trinajstić information content (AvgIpc) is 2.72. The van der Waals surface area contributed by atoms with Crippen LogP contribution in [0.2, 0.25) is 0 Å². The molecule has 2 atom stereocenters. The molecule has 3 heteroatoms. The standard InChI is InChI=1S/C13H19N3/c1-2-12-9-16(10-13(12)15-5-1)8-11-3-6-14-7-4-11/h3-4,6-7,12-13,15H,1-2,5,8-10H2/t12-,13+/m0/s1. The van der Waals surface area contributed by atoms with Gasteiger partial charge < -0.3 is 5.32 Å². The summed E-state index contributed by atoms with van der Waals surface area (Å²) < 4.78 is 0. The van der Waals surface area contributed by atoms with Gasteiger partial charge in [-0.05, 0) is 43.0 Å². The van der Waals surface area contributed by atoms with Gasteiger partial charge in [0.1, 0.15) is 0 Å². The zero-order valence-corrected chi connectivity index (χ0v) is 9.60. The van der Waals surface area contributed by atoms with Gasteiger partial charge in [0.15, 0.2) is 0 Å². The van der Waals surface area contributed by atoms with E-state index in [0.717, 1.165) is 18.5 Å². The Balaban J connectivity index is 1.61. The molecule has 3 rings (SSSR count). The van der Waals surface area contributed by atoms with Crippen LogP contribution in [0, 0.1) is 5.92 Å². The smallest absolute Gasteiger partial charge is 0.0271 e. The van der Waals surface area contributed by atoms with Gasteiger partial charge in [-0.15, -0.1) is 0 Å². The van der Waals surface area contributed by atoms with Crippen LogP contribution in [-0.2, 0) is 6.54 Å². The van der Waals surface area contributed by atoms with Crippen molar-refractivity contribution in [2.75, 3.05) is 19.6 Å². The first kappa shape index (κ1) is 10.2. The summed E-state index contributed by atoms with van der Waals surface area (Å²) in [6.45, 7) is 4.77. The maximum absolute atomic E-state index is 4.06. The third-order valence-electron chi connectivity index (χ3n) is 3.83. The minimum Gasteiger partial charge on any atom is -0.312 e. The molecule has 0 aromatic carbocycles. The number of nitrogens with one attached hydrogen (secondary N) is 1. The number of nitrogens with zero attached hydrogens (tertiary/aromatic N) is 2. The van der Waals surface area contributed by atoms with E-state index in [0.29, 0.717) is 0 Å². The van der Waals surface area contributed by atoms with E-state index in [2.05, 4.69) is 27.3 Å². The molecule has 1 aromatic rings. The second-order valence-electron chi connectivity index (χ2n) is 5.01. The van der Waals surface area contributed by atoms with Gasteiger partial charge in [0.05, 0.1) is 0 Å². The van der Waals surface area contributed by atoms with Gasteiger partial charge in [0.25, 0.3) is 0 Å². The number of hydrogen-bond acceptors (Lipinski definition) is 3. The third-order valence-corrected chi connectivity index (χ3v) is 3.83. The van der Waals surface area contributed by atoms with E-state index < -0.39 is 0 Å². The Bertz CT molecular complexity index is 324. The van der Waals surface area contributed by atoms with Crippen LogP contribution in [0.1, 0.15) is 18.4 Å². The fraction of sp³-hybridized carbons (Fsp3) is 0.615. The lowest BCUT2D eigenvalue weighted by Crippen LogP contribution is -2.40. The Hall–Kier alpha value is -0.930. The van der Waals surface area contributed by atoms with Crippen LogP contribution in [0.25, 0.3) is 0 Å². The first-order chi connectivity index (χ1) is 7.92. The van der Waals surface area contributed by atoms with E-state index in [1.54, 1.807) is 0 Å². The molecule has 86 valence electrons. The molecule has 3 nitrogen and oxygen atoms in total. The molecule has 0 radical (unpaired) electrons. The summed E-state index contributed by atoms with van der Waals surface area (Å²) in [6.07, 6.45) is 6.53. The molecule has 0 aliphatic carbocycles. The Kier molecular flexibility index (Phi) is 2.89. The summed E-state index contributed by atoms with van der Waals surface area (Å²) in [5.74, 6) is 0.885. The van der Waals surface area contributed by atoms with E-state index in [-0.39, 0.29) is 0 Å². The highest BCUT2D eigenvalue weighted by Crippen LogP contribution is 2.25. The van der Waals surface area contributed by atoms with E-state index >= 15 is 0 Å². The maximum atomic E-state index is 4.06. The molecule has 3 heterocycles. The van der Waals surface area contributed by atoms with Crippen molar-refractivity contribution in [3.63, 3.8) is 0 Å². The molecule has 0 amide bonds. The zero-order valence-electron chi connectivity index (χ0n) is 9.60. The van der Waals surface area contributed by atoms with Gasteiger partial charge in [-0.2, -0.15) is 0 Å². The molecule has 0 spiro atoms. The molecular formula is C13H19N3. The Morgan fingerprint density at radius 1 is 1.31 bits per heavy atom. The summed E-state index contributed by atoms with van der Waals surface area (Å²) in [7, 11) is 0. The van der Waals surface area contributed by atoms with Crippen molar-refractivity contribution < 1.29 is 0 Å². The summed E-state index contributed by atoms with van der Waals surface area (Å²) in [5.41, 5.74) is 1.38. The minimum absolute atomic E-state index is 0.746. The number of hydrogen-bond donors (Lipinski definition) is 1. The molecule has 16 heavy (non-hydrogen) atoms. The van der Waals surface area contributed by atoms with Gasteiger partial charge in [-0.1, -0.05) is 0 Å². The number of aromatic nitrogens is 1. The maximum Gasteiger partial charge on any atom is 0.0271 e. The Morgan fingerprint density at radius 2 is 2.19 bits per heavy atom. The van der Waals surface area contributed by atoms with Gasteiger partial charge in [0, 0.05) is 38.1 Å². The number of fused-ring (bicyclic) bond motifs is 1. The first-order valence-electron chi connectivity index (χ1n) is 6.26. The number of rotatable bonds is 2. The minimum atomic E-state index is 0.746. The Morgan fingerprint density at radius 3 is 3.00 bits per heavy atom. The van der Waals surface area contributed by atoms with Crippen LogP contribution in [0.15, 0.2) is 24.5 Å². The van der Waals surface area contributed by atoms with Crippen LogP contribution in [-0.4, -0.2) is 35.6 Å². The SMILES string of the molecule is c1cc(CN2C[C@@H]3CCCN[C@@H]3C2)ccn1. The topological polar surface area (TPSA) is 28.2 Å². The summed E-state index contributed by atoms with van der Waals surface area (Å²) >= 11 is 0. The van der Waals surface area contributed by atoms with Crippen LogP contribution < -0.4 is 5.32 Å². The predicted molar refractivity (Wildman–Crippen MR) is 64.0 cm³/mol. The summed E-state index contributed by atoms with van der Waals surface area (Å²) in [4.78, 5) is 6.63. The van der Waals surface area contributed by atoms with Crippen LogP contribution in [0.3, 0.4) is 0 Å². The van der Waals surface area contributed by atoms with Crippen molar-refractivity contribution in [3.05, 3.63) is 30.1 Å². The lowest BCUT2D eigenvalue weighted by Gasteiger charge is -2.24. The van der Waals surface area contributed by atoms with Crippen molar-refractivity contribution in [2.45, 2.75) is 25.4 Å². The van der Waals surface area contributed by atoms with Gasteiger partial charge in [-0.3, -0.25) is 9.88 Å². The molecule has 2 aliphatic rings. The highest BCUT2D eigenvalue weighted by molar-refractivity contribution is 5.10. The first-order valence-corrected chi connectivity index (χ1v) is 6.26. The lowest BCUT2D eigenvalue weighted by molar-refractivity contribution is 0.312. The van der Waals surface area contributed by atoms with E-state index in [4.69, 9.17) is 0 Å². The molecule has 0 unspecified atom stereocenters. The fourth-order valence-corrected chi connectivity index (χ4v) is 3.01. The molecule has 1 N–H and O–H groups in total. The normalized spacial score (nSPS) is 30.2. The fourth-order valence-electron chi connectivity index (χ4n) is 3.01. The molecule has 2 saturated heterocycles. The molecule has 1 aromatic heterocycles. The molecule has 2 fully saturated rings. The highest BCUT2D eigenvalue weighted by atomic mass is 15.2. The monoisotopic (exact) mass is 217 g/mol. The summed E-state index contributed by atoms with van der Waals surface area (Å²) in [5, 5.41) is 3.64. The van der Waals surface area contributed by atoms with Crippen molar-refractivity contribution >= 4 is 0 Å². The van der Waals surface area contributed by atoms with E-state index in [9.17, 15) is 0 Å². The number of pyridine rings is 1. The number of likely N-dealkylation sites (tertiary alicyclic amines) is 1. The second-order valence-corrected chi connectivity index (χ2v) is 5.01. The van der Waals surface area contributed by atoms with Crippen molar-refractivity contribution in [1.82, 2.24) is 15.2 Å². The predicted octanol–water partition coefficient (Wildman–Crippen LogP) is 1.27. The average molecular weight is 217 g/mol. The molecule has 0 saturated carbocycles.